The van der Waals surface area contributed by atoms with Crippen molar-refractivity contribution in [2.75, 3.05) is 6.54 Å². The van der Waals surface area contributed by atoms with Crippen LogP contribution in [0.2, 0.25) is 10.0 Å². The van der Waals surface area contributed by atoms with Crippen LogP contribution in [0.25, 0.3) is 0 Å². The third kappa shape index (κ3) is 3.25. The van der Waals surface area contributed by atoms with Crippen LogP contribution in [0.4, 0.5) is 0 Å². The molecular formula is C14H16Cl2N2O2. The molecule has 4 nitrogen and oxygen atoms in total. The summed E-state index contributed by atoms with van der Waals surface area (Å²) >= 11 is 12.0. The van der Waals surface area contributed by atoms with Crippen LogP contribution in [-0.2, 0) is 16.1 Å². The molecule has 1 saturated heterocycles. The fraction of sp³-hybridized carbons (Fsp3) is 0.429. The lowest BCUT2D eigenvalue weighted by Crippen LogP contribution is -2.52. The van der Waals surface area contributed by atoms with E-state index in [4.69, 9.17) is 23.2 Å². The lowest BCUT2D eigenvalue weighted by molar-refractivity contribution is -0.137. The van der Waals surface area contributed by atoms with E-state index in [0.717, 1.165) is 5.56 Å². The molecular weight excluding hydrogens is 299 g/mol. The third-order valence-corrected chi connectivity index (χ3v) is 3.85. The Kier molecular flexibility index (Phi) is 4.25. The maximum Gasteiger partial charge on any atom is 0.248 e. The highest BCUT2D eigenvalue weighted by molar-refractivity contribution is 6.35. The largest absolute Gasteiger partial charge is 0.342 e. The van der Waals surface area contributed by atoms with Crippen LogP contribution in [-0.4, -0.2) is 28.8 Å². The first-order chi connectivity index (χ1) is 9.29. The Morgan fingerprint density at radius 3 is 2.65 bits per heavy atom. The number of amides is 2. The summed E-state index contributed by atoms with van der Waals surface area (Å²) in [4.78, 5) is 25.7. The quantitative estimate of drug-likeness (QED) is 0.912. The Morgan fingerprint density at radius 1 is 1.30 bits per heavy atom. The van der Waals surface area contributed by atoms with Crippen molar-refractivity contribution < 1.29 is 9.59 Å². The van der Waals surface area contributed by atoms with E-state index in [1.54, 1.807) is 36.9 Å². The van der Waals surface area contributed by atoms with Crippen LogP contribution < -0.4 is 5.32 Å². The van der Waals surface area contributed by atoms with Gasteiger partial charge in [0.25, 0.3) is 0 Å². The molecule has 1 aromatic rings. The van der Waals surface area contributed by atoms with Gasteiger partial charge in [0.1, 0.15) is 5.54 Å². The van der Waals surface area contributed by atoms with E-state index < -0.39 is 5.54 Å². The maximum atomic E-state index is 12.4. The molecule has 0 aromatic heterocycles. The molecule has 0 unspecified atom stereocenters. The summed E-state index contributed by atoms with van der Waals surface area (Å²) in [6.45, 7) is 4.16. The standard InChI is InChI=1S/C14H16Cl2N2O2/c1-14(2)13(20)18(6-5-12(19)17-14)8-9-3-4-10(15)7-11(9)16/h3-4,7H,5-6,8H2,1-2H3,(H,17,19). The molecule has 0 aliphatic carbocycles. The Morgan fingerprint density at radius 2 is 2.00 bits per heavy atom. The van der Waals surface area contributed by atoms with Crippen molar-refractivity contribution in [1.82, 2.24) is 10.2 Å². The van der Waals surface area contributed by atoms with Crippen LogP contribution in [0.3, 0.4) is 0 Å². The van der Waals surface area contributed by atoms with E-state index in [0.29, 0.717) is 29.6 Å². The highest BCUT2D eigenvalue weighted by atomic mass is 35.5. The minimum Gasteiger partial charge on any atom is -0.342 e. The molecule has 2 rings (SSSR count). The van der Waals surface area contributed by atoms with Crippen LogP contribution in [0.1, 0.15) is 25.8 Å². The summed E-state index contributed by atoms with van der Waals surface area (Å²) in [6, 6.07) is 5.18. The van der Waals surface area contributed by atoms with Crippen LogP contribution in [0.5, 0.6) is 0 Å². The minimum absolute atomic E-state index is 0.116. The number of carbonyl (C=O) groups is 2. The number of halogens is 2. The van der Waals surface area contributed by atoms with E-state index in [1.807, 2.05) is 0 Å². The molecule has 108 valence electrons. The van der Waals surface area contributed by atoms with Crippen molar-refractivity contribution in [3.8, 4) is 0 Å². The van der Waals surface area contributed by atoms with E-state index in [2.05, 4.69) is 5.32 Å². The summed E-state index contributed by atoms with van der Waals surface area (Å²) in [5.41, 5.74) is -0.0819. The molecule has 0 saturated carbocycles. The van der Waals surface area contributed by atoms with Crippen molar-refractivity contribution in [2.24, 2.45) is 0 Å². The topological polar surface area (TPSA) is 49.4 Å². The Bertz CT molecular complexity index is 558. The summed E-state index contributed by atoms with van der Waals surface area (Å²) in [5.74, 6) is -0.234. The lowest BCUT2D eigenvalue weighted by atomic mass is 10.0. The zero-order valence-corrected chi connectivity index (χ0v) is 12.9. The summed E-state index contributed by atoms with van der Waals surface area (Å²) in [7, 11) is 0. The smallest absolute Gasteiger partial charge is 0.248 e. The van der Waals surface area contributed by atoms with Gasteiger partial charge < -0.3 is 10.2 Å². The van der Waals surface area contributed by atoms with Crippen molar-refractivity contribution in [2.45, 2.75) is 32.4 Å². The maximum absolute atomic E-state index is 12.4. The molecule has 1 aromatic carbocycles. The molecule has 1 N–H and O–H groups in total. The van der Waals surface area contributed by atoms with Gasteiger partial charge in [-0.05, 0) is 31.5 Å². The normalized spacial score (nSPS) is 18.7. The van der Waals surface area contributed by atoms with Gasteiger partial charge >= 0.3 is 0 Å². The SMILES string of the molecule is CC1(C)NC(=O)CCN(Cc2ccc(Cl)cc2Cl)C1=O. The number of rotatable bonds is 2. The molecule has 0 bridgehead atoms. The average Bonchev–Trinajstić information content (AvgIpc) is 2.43. The highest BCUT2D eigenvalue weighted by Crippen LogP contribution is 2.24. The van der Waals surface area contributed by atoms with Gasteiger partial charge in [0.05, 0.1) is 0 Å². The summed E-state index contributed by atoms with van der Waals surface area (Å²) < 4.78 is 0. The highest BCUT2D eigenvalue weighted by Gasteiger charge is 2.36. The van der Waals surface area contributed by atoms with Gasteiger partial charge in [-0.2, -0.15) is 0 Å². The number of nitrogens with one attached hydrogen (secondary N) is 1. The number of nitrogens with zero attached hydrogens (tertiary/aromatic N) is 1. The lowest BCUT2D eigenvalue weighted by Gasteiger charge is -2.29. The van der Waals surface area contributed by atoms with Gasteiger partial charge in [0.15, 0.2) is 0 Å². The third-order valence-electron chi connectivity index (χ3n) is 3.26. The molecule has 20 heavy (non-hydrogen) atoms. The second-order valence-corrected chi connectivity index (χ2v) is 6.23. The molecule has 1 heterocycles. The first kappa shape index (κ1) is 15.1. The Hall–Kier alpha value is -1.26. The first-order valence-corrected chi connectivity index (χ1v) is 7.09. The zero-order chi connectivity index (χ0) is 14.9. The molecule has 1 fully saturated rings. The number of hydrogen-bond donors (Lipinski definition) is 1. The second-order valence-electron chi connectivity index (χ2n) is 5.39. The fourth-order valence-electron chi connectivity index (χ4n) is 2.20. The average molecular weight is 315 g/mol. The second kappa shape index (κ2) is 5.62. The van der Waals surface area contributed by atoms with Crippen molar-refractivity contribution in [1.29, 1.82) is 0 Å². The van der Waals surface area contributed by atoms with E-state index in [-0.39, 0.29) is 11.8 Å². The van der Waals surface area contributed by atoms with Gasteiger partial charge in [-0.15, -0.1) is 0 Å². The van der Waals surface area contributed by atoms with Gasteiger partial charge in [-0.1, -0.05) is 29.3 Å². The first-order valence-electron chi connectivity index (χ1n) is 6.34. The molecule has 0 spiro atoms. The number of benzene rings is 1. The van der Waals surface area contributed by atoms with Crippen LogP contribution >= 0.6 is 23.2 Å². The van der Waals surface area contributed by atoms with Crippen molar-refractivity contribution in [3.63, 3.8) is 0 Å². The molecule has 1 aliphatic heterocycles. The van der Waals surface area contributed by atoms with Crippen LogP contribution in [0, 0.1) is 0 Å². The van der Waals surface area contributed by atoms with Crippen LogP contribution in [0.15, 0.2) is 18.2 Å². The van der Waals surface area contributed by atoms with Gasteiger partial charge in [-0.3, -0.25) is 9.59 Å². The fourth-order valence-corrected chi connectivity index (χ4v) is 2.67. The van der Waals surface area contributed by atoms with Gasteiger partial charge in [0, 0.05) is 29.6 Å². The molecule has 6 heteroatoms. The van der Waals surface area contributed by atoms with E-state index in [1.165, 1.54) is 0 Å². The predicted molar refractivity (Wildman–Crippen MR) is 78.7 cm³/mol. The van der Waals surface area contributed by atoms with Gasteiger partial charge in [-0.25, -0.2) is 0 Å². The molecule has 1 aliphatic rings. The van der Waals surface area contributed by atoms with E-state index >= 15 is 0 Å². The Balaban J connectivity index is 2.23. The molecule has 0 atom stereocenters. The van der Waals surface area contributed by atoms with Crippen molar-refractivity contribution in [3.05, 3.63) is 33.8 Å². The monoisotopic (exact) mass is 314 g/mol. The number of carbonyl (C=O) groups excluding carboxylic acids is 2. The minimum atomic E-state index is -0.896. The van der Waals surface area contributed by atoms with Gasteiger partial charge in [0.2, 0.25) is 11.8 Å². The summed E-state index contributed by atoms with van der Waals surface area (Å²) in [5, 5.41) is 3.80. The number of hydrogen-bond acceptors (Lipinski definition) is 2. The molecule has 2 amide bonds. The van der Waals surface area contributed by atoms with Crippen molar-refractivity contribution >= 4 is 35.0 Å². The van der Waals surface area contributed by atoms with E-state index in [9.17, 15) is 9.59 Å². The predicted octanol–water partition coefficient (Wildman–Crippen LogP) is 2.62. The molecule has 0 radical (unpaired) electrons. The Labute approximate surface area is 128 Å². The zero-order valence-electron chi connectivity index (χ0n) is 11.4. The summed E-state index contributed by atoms with van der Waals surface area (Å²) in [6.07, 6.45) is 0.292.